The monoisotopic (exact) mass is 403 g/mol. The zero-order valence-electron chi connectivity index (χ0n) is 14.8. The average molecular weight is 404 g/mol. The van der Waals surface area contributed by atoms with E-state index in [1.165, 1.54) is 17.7 Å². The Bertz CT molecular complexity index is 990. The third kappa shape index (κ3) is 3.88. The fourth-order valence-electron chi connectivity index (χ4n) is 3.48. The van der Waals surface area contributed by atoms with E-state index in [1.54, 1.807) is 6.07 Å². The lowest BCUT2D eigenvalue weighted by molar-refractivity contribution is -0.137. The molecule has 0 amide bonds. The third-order valence-corrected chi connectivity index (χ3v) is 5.16. The van der Waals surface area contributed by atoms with Crippen LogP contribution in [0.4, 0.5) is 13.2 Å². The topological polar surface area (TPSA) is 37.8 Å². The first kappa shape index (κ1) is 18.9. The maximum Gasteiger partial charge on any atom is 0.417 e. The molecule has 144 valence electrons. The standard InChI is InChI=1S/C21H17ClF3N3/c22-19-16-12-26-14(10-13-6-2-1-3-7-13)11-18(16)27-20(28-19)15-8-4-5-9-17(15)21(23,24)25/h1-9,14,26H,10-12H2. The molecule has 0 bridgehead atoms. The minimum Gasteiger partial charge on any atom is -0.309 e. The number of alkyl halides is 3. The van der Waals surface area contributed by atoms with Gasteiger partial charge in [-0.15, -0.1) is 0 Å². The number of fused-ring (bicyclic) bond motifs is 1. The molecule has 1 N–H and O–H groups in total. The number of rotatable bonds is 3. The van der Waals surface area contributed by atoms with Crippen molar-refractivity contribution in [2.24, 2.45) is 0 Å². The molecule has 2 aromatic carbocycles. The summed E-state index contributed by atoms with van der Waals surface area (Å²) in [6.07, 6.45) is -3.11. The molecule has 1 aromatic heterocycles. The summed E-state index contributed by atoms with van der Waals surface area (Å²) in [6.45, 7) is 0.493. The Morgan fingerprint density at radius 1 is 1.00 bits per heavy atom. The zero-order chi connectivity index (χ0) is 19.7. The van der Waals surface area contributed by atoms with Gasteiger partial charge in [0.15, 0.2) is 5.82 Å². The number of nitrogens with one attached hydrogen (secondary N) is 1. The van der Waals surface area contributed by atoms with Gasteiger partial charge in [0, 0.05) is 30.1 Å². The molecule has 1 unspecified atom stereocenters. The van der Waals surface area contributed by atoms with Crippen LogP contribution in [0.25, 0.3) is 11.4 Å². The second-order valence-electron chi connectivity index (χ2n) is 6.78. The molecule has 4 rings (SSSR count). The van der Waals surface area contributed by atoms with E-state index in [-0.39, 0.29) is 22.6 Å². The van der Waals surface area contributed by atoms with E-state index in [4.69, 9.17) is 11.6 Å². The Hall–Kier alpha value is -2.44. The molecule has 0 saturated heterocycles. The van der Waals surface area contributed by atoms with Gasteiger partial charge in [0.25, 0.3) is 0 Å². The third-order valence-electron chi connectivity index (χ3n) is 4.85. The number of halogens is 4. The molecule has 3 aromatic rings. The Labute approximate surface area is 165 Å². The summed E-state index contributed by atoms with van der Waals surface area (Å²) in [5, 5.41) is 3.61. The molecule has 0 saturated carbocycles. The van der Waals surface area contributed by atoms with E-state index in [0.717, 1.165) is 18.1 Å². The number of nitrogens with zero attached hydrogens (tertiary/aromatic N) is 2. The molecule has 3 nitrogen and oxygen atoms in total. The Balaban J connectivity index is 1.68. The van der Waals surface area contributed by atoms with Crippen molar-refractivity contribution in [2.45, 2.75) is 31.6 Å². The summed E-state index contributed by atoms with van der Waals surface area (Å²) in [4.78, 5) is 8.63. The van der Waals surface area contributed by atoms with Crippen molar-refractivity contribution in [3.8, 4) is 11.4 Å². The molecule has 0 aliphatic carbocycles. The van der Waals surface area contributed by atoms with Crippen molar-refractivity contribution >= 4 is 11.6 Å². The molecular formula is C21H17ClF3N3. The van der Waals surface area contributed by atoms with E-state index in [0.29, 0.717) is 18.7 Å². The lowest BCUT2D eigenvalue weighted by Crippen LogP contribution is -2.38. The first-order valence-corrected chi connectivity index (χ1v) is 9.29. The van der Waals surface area contributed by atoms with Gasteiger partial charge in [0.2, 0.25) is 0 Å². The molecule has 2 heterocycles. The Morgan fingerprint density at radius 2 is 1.71 bits per heavy atom. The first-order chi connectivity index (χ1) is 13.4. The minimum atomic E-state index is -4.49. The first-order valence-electron chi connectivity index (χ1n) is 8.91. The summed E-state index contributed by atoms with van der Waals surface area (Å²) in [6, 6.07) is 15.5. The van der Waals surface area contributed by atoms with Crippen LogP contribution >= 0.6 is 11.6 Å². The average Bonchev–Trinajstić information content (AvgIpc) is 2.68. The van der Waals surface area contributed by atoms with E-state index < -0.39 is 11.7 Å². The molecule has 7 heteroatoms. The van der Waals surface area contributed by atoms with Crippen LogP contribution in [0.3, 0.4) is 0 Å². The summed E-state index contributed by atoms with van der Waals surface area (Å²) in [5.74, 6) is 0.0111. The molecule has 0 fully saturated rings. The van der Waals surface area contributed by atoms with Gasteiger partial charge in [-0.2, -0.15) is 13.2 Å². The minimum absolute atomic E-state index is 0.0111. The predicted octanol–water partition coefficient (Wildman–Crippen LogP) is 5.07. The Kier molecular flexibility index (Phi) is 5.08. The van der Waals surface area contributed by atoms with E-state index >= 15 is 0 Å². The molecular weight excluding hydrogens is 387 g/mol. The summed E-state index contributed by atoms with van der Waals surface area (Å²) < 4.78 is 40.1. The van der Waals surface area contributed by atoms with Crippen LogP contribution < -0.4 is 5.32 Å². The van der Waals surface area contributed by atoms with Crippen LogP contribution in [0, 0.1) is 0 Å². The summed E-state index contributed by atoms with van der Waals surface area (Å²) in [5.41, 5.74) is 1.82. The van der Waals surface area contributed by atoms with Crippen LogP contribution in [-0.2, 0) is 25.6 Å². The number of hydrogen-bond donors (Lipinski definition) is 1. The summed E-state index contributed by atoms with van der Waals surface area (Å²) in [7, 11) is 0. The van der Waals surface area contributed by atoms with Gasteiger partial charge in [0.05, 0.1) is 11.3 Å². The second-order valence-corrected chi connectivity index (χ2v) is 7.14. The summed E-state index contributed by atoms with van der Waals surface area (Å²) >= 11 is 6.30. The van der Waals surface area contributed by atoms with E-state index in [2.05, 4.69) is 27.4 Å². The number of benzene rings is 2. The van der Waals surface area contributed by atoms with Gasteiger partial charge >= 0.3 is 6.18 Å². The van der Waals surface area contributed by atoms with Crippen molar-refractivity contribution in [2.75, 3.05) is 0 Å². The van der Waals surface area contributed by atoms with Crippen LogP contribution in [0.1, 0.15) is 22.4 Å². The predicted molar refractivity (Wildman–Crippen MR) is 102 cm³/mol. The van der Waals surface area contributed by atoms with E-state index in [1.807, 2.05) is 18.2 Å². The zero-order valence-corrected chi connectivity index (χ0v) is 15.6. The quantitative estimate of drug-likeness (QED) is 0.620. The maximum absolute atomic E-state index is 13.4. The number of aromatic nitrogens is 2. The molecule has 0 radical (unpaired) electrons. The highest BCUT2D eigenvalue weighted by Crippen LogP contribution is 2.37. The van der Waals surface area contributed by atoms with E-state index in [9.17, 15) is 13.2 Å². The molecule has 1 aliphatic rings. The highest BCUT2D eigenvalue weighted by molar-refractivity contribution is 6.30. The van der Waals surface area contributed by atoms with Crippen molar-refractivity contribution in [3.63, 3.8) is 0 Å². The van der Waals surface area contributed by atoms with Crippen molar-refractivity contribution < 1.29 is 13.2 Å². The van der Waals surface area contributed by atoms with Gasteiger partial charge in [-0.1, -0.05) is 60.1 Å². The fourth-order valence-corrected chi connectivity index (χ4v) is 3.74. The van der Waals surface area contributed by atoms with Crippen LogP contribution in [0.2, 0.25) is 5.15 Å². The van der Waals surface area contributed by atoms with Gasteiger partial charge in [-0.05, 0) is 18.1 Å². The second kappa shape index (κ2) is 7.53. The normalized spacial score (nSPS) is 16.6. The molecule has 0 spiro atoms. The molecule has 1 aliphatic heterocycles. The van der Waals surface area contributed by atoms with Crippen LogP contribution in [0.15, 0.2) is 54.6 Å². The van der Waals surface area contributed by atoms with Gasteiger partial charge < -0.3 is 5.32 Å². The van der Waals surface area contributed by atoms with Crippen molar-refractivity contribution in [1.29, 1.82) is 0 Å². The lowest BCUT2D eigenvalue weighted by atomic mass is 9.96. The van der Waals surface area contributed by atoms with Gasteiger partial charge in [-0.3, -0.25) is 0 Å². The lowest BCUT2D eigenvalue weighted by Gasteiger charge is -2.26. The Morgan fingerprint density at radius 3 is 2.46 bits per heavy atom. The highest BCUT2D eigenvalue weighted by atomic mass is 35.5. The number of hydrogen-bond acceptors (Lipinski definition) is 3. The SMILES string of the molecule is FC(F)(F)c1ccccc1-c1nc(Cl)c2c(n1)CC(Cc1ccccc1)NC2. The maximum atomic E-state index is 13.4. The van der Waals surface area contributed by atoms with Crippen LogP contribution in [0.5, 0.6) is 0 Å². The fraction of sp³-hybridized carbons (Fsp3) is 0.238. The smallest absolute Gasteiger partial charge is 0.309 e. The van der Waals surface area contributed by atoms with Crippen LogP contribution in [-0.4, -0.2) is 16.0 Å². The largest absolute Gasteiger partial charge is 0.417 e. The highest BCUT2D eigenvalue weighted by Gasteiger charge is 2.34. The van der Waals surface area contributed by atoms with Gasteiger partial charge in [0.1, 0.15) is 5.15 Å². The van der Waals surface area contributed by atoms with Crippen molar-refractivity contribution in [1.82, 2.24) is 15.3 Å². The van der Waals surface area contributed by atoms with Crippen molar-refractivity contribution in [3.05, 3.63) is 82.1 Å². The van der Waals surface area contributed by atoms with Gasteiger partial charge in [-0.25, -0.2) is 9.97 Å². The molecule has 1 atom stereocenters. The molecule has 28 heavy (non-hydrogen) atoms.